The third-order valence-electron chi connectivity index (χ3n) is 9.17. The van der Waals surface area contributed by atoms with Crippen molar-refractivity contribution in [3.63, 3.8) is 0 Å². The Morgan fingerprint density at radius 2 is 1.10 bits per heavy atom. The topological polar surface area (TPSA) is 4.93 Å². The van der Waals surface area contributed by atoms with Crippen LogP contribution in [0.4, 0.5) is 0 Å². The molecule has 2 heterocycles. The molecule has 0 spiro atoms. The van der Waals surface area contributed by atoms with Crippen molar-refractivity contribution >= 4 is 74.9 Å². The number of aryl methyl sites for hydroxylation is 2. The fraction of sp³-hybridized carbons (Fsp3) is 0.0500. The zero-order chi connectivity index (χ0) is 27.9. The molecule has 7 aromatic carbocycles. The average molecular weight is 554 g/mol. The van der Waals surface area contributed by atoms with Gasteiger partial charge in [-0.3, -0.25) is 0 Å². The van der Waals surface area contributed by atoms with Gasteiger partial charge in [0.15, 0.2) is 0 Å². The molecule has 198 valence electrons. The van der Waals surface area contributed by atoms with Gasteiger partial charge in [0, 0.05) is 36.6 Å². The maximum atomic E-state index is 2.46. The molecule has 0 N–H and O–H groups in total. The van der Waals surface area contributed by atoms with E-state index in [-0.39, 0.29) is 0 Å². The van der Waals surface area contributed by atoms with Crippen molar-refractivity contribution in [1.29, 1.82) is 0 Å². The molecule has 2 aromatic heterocycles. The lowest BCUT2D eigenvalue weighted by Gasteiger charge is -2.18. The first-order valence-electron chi connectivity index (χ1n) is 14.5. The molecule has 0 amide bonds. The average Bonchev–Trinajstić information content (AvgIpc) is 3.56. The minimum atomic E-state index is 1.19. The van der Waals surface area contributed by atoms with Crippen molar-refractivity contribution in [1.82, 2.24) is 4.57 Å². The summed E-state index contributed by atoms with van der Waals surface area (Å²) in [6, 6.07) is 46.9. The molecule has 9 rings (SSSR count). The van der Waals surface area contributed by atoms with Gasteiger partial charge in [-0.15, -0.1) is 11.3 Å². The van der Waals surface area contributed by atoms with Crippen molar-refractivity contribution in [2.24, 2.45) is 0 Å². The second-order valence-corrected chi connectivity index (χ2v) is 12.4. The van der Waals surface area contributed by atoms with Crippen molar-refractivity contribution in [3.8, 4) is 16.8 Å². The van der Waals surface area contributed by atoms with E-state index in [1.807, 2.05) is 11.3 Å². The minimum absolute atomic E-state index is 1.19. The predicted molar refractivity (Wildman–Crippen MR) is 184 cm³/mol. The summed E-state index contributed by atoms with van der Waals surface area (Å²) in [5, 5.41) is 10.6. The highest BCUT2D eigenvalue weighted by atomic mass is 32.1. The van der Waals surface area contributed by atoms with Crippen LogP contribution in [0, 0.1) is 13.8 Å². The van der Waals surface area contributed by atoms with E-state index >= 15 is 0 Å². The minimum Gasteiger partial charge on any atom is -0.309 e. The fourth-order valence-corrected chi connectivity index (χ4v) is 8.42. The summed E-state index contributed by atoms with van der Waals surface area (Å²) in [4.78, 5) is 0. The largest absolute Gasteiger partial charge is 0.309 e. The maximum absolute atomic E-state index is 2.46. The number of thiophene rings is 1. The van der Waals surface area contributed by atoms with Gasteiger partial charge in [0.25, 0.3) is 0 Å². The molecule has 0 aliphatic carbocycles. The van der Waals surface area contributed by atoms with E-state index in [1.165, 1.54) is 91.5 Å². The lowest BCUT2D eigenvalue weighted by molar-refractivity contribution is 1.18. The summed E-state index contributed by atoms with van der Waals surface area (Å²) >= 11 is 1.89. The molecule has 0 atom stereocenters. The van der Waals surface area contributed by atoms with Crippen LogP contribution in [-0.2, 0) is 0 Å². The molecule has 0 unspecified atom stereocenters. The third-order valence-corrected chi connectivity index (χ3v) is 10.3. The Morgan fingerprint density at radius 3 is 1.88 bits per heavy atom. The Bertz CT molecular complexity index is 2530. The molecule has 0 radical (unpaired) electrons. The Balaban J connectivity index is 1.45. The normalized spacial score (nSPS) is 12.0. The van der Waals surface area contributed by atoms with Crippen LogP contribution >= 0.6 is 11.3 Å². The van der Waals surface area contributed by atoms with E-state index < -0.39 is 0 Å². The van der Waals surface area contributed by atoms with Crippen LogP contribution < -0.4 is 0 Å². The van der Waals surface area contributed by atoms with Gasteiger partial charge in [-0.1, -0.05) is 91.0 Å². The summed E-state index contributed by atoms with van der Waals surface area (Å²) in [6.45, 7) is 4.62. The summed E-state index contributed by atoms with van der Waals surface area (Å²) in [6.07, 6.45) is 0. The van der Waals surface area contributed by atoms with Crippen molar-refractivity contribution < 1.29 is 0 Å². The molecule has 2 heteroatoms. The zero-order valence-corrected chi connectivity index (χ0v) is 24.3. The Kier molecular flexibility index (Phi) is 4.97. The third kappa shape index (κ3) is 3.19. The Labute approximate surface area is 247 Å². The van der Waals surface area contributed by atoms with Crippen LogP contribution in [0.3, 0.4) is 0 Å². The van der Waals surface area contributed by atoms with Crippen LogP contribution in [0.25, 0.3) is 80.3 Å². The number of fused-ring (bicyclic) bond motifs is 9. The maximum Gasteiger partial charge on any atom is 0.0548 e. The standard InChI is InChI=1S/C40H27NS/c1-24-27-14-6-7-15-29(27)30-16-8-9-18-32(30)39(24)28-20-21-35-40(25(28)2)34-23-38-33(31-17-10-11-19-37(31)42-38)22-36(34)41(35)26-12-4-3-5-13-26/h3-23H,1-2H3. The van der Waals surface area contributed by atoms with Crippen LogP contribution in [-0.4, -0.2) is 4.57 Å². The Morgan fingerprint density at radius 1 is 0.452 bits per heavy atom. The highest BCUT2D eigenvalue weighted by molar-refractivity contribution is 7.25. The molecular weight excluding hydrogens is 527 g/mol. The first-order chi connectivity index (χ1) is 20.7. The summed E-state index contributed by atoms with van der Waals surface area (Å²) in [5.41, 5.74) is 9.02. The first-order valence-corrected chi connectivity index (χ1v) is 15.4. The molecule has 0 saturated heterocycles. The monoisotopic (exact) mass is 553 g/mol. The summed E-state index contributed by atoms with van der Waals surface area (Å²) in [5.74, 6) is 0. The highest BCUT2D eigenvalue weighted by Gasteiger charge is 2.21. The molecule has 9 aromatic rings. The second-order valence-electron chi connectivity index (χ2n) is 11.4. The number of nitrogens with zero attached hydrogens (tertiary/aromatic N) is 1. The van der Waals surface area contributed by atoms with Crippen molar-refractivity contribution in [3.05, 3.63) is 139 Å². The molecule has 1 nitrogen and oxygen atoms in total. The van der Waals surface area contributed by atoms with Crippen LogP contribution in [0.15, 0.2) is 127 Å². The molecular formula is C40H27NS. The predicted octanol–water partition coefficient (Wildman–Crippen LogP) is 11.7. The van der Waals surface area contributed by atoms with Gasteiger partial charge in [-0.2, -0.15) is 0 Å². The highest BCUT2D eigenvalue weighted by Crippen LogP contribution is 2.45. The van der Waals surface area contributed by atoms with Gasteiger partial charge in [-0.25, -0.2) is 0 Å². The number of hydrogen-bond donors (Lipinski definition) is 0. The number of aromatic nitrogens is 1. The lowest BCUT2D eigenvalue weighted by atomic mass is 9.86. The number of benzene rings is 7. The van der Waals surface area contributed by atoms with Gasteiger partial charge in [0.05, 0.1) is 11.0 Å². The summed E-state index contributed by atoms with van der Waals surface area (Å²) < 4.78 is 5.14. The van der Waals surface area contributed by atoms with Crippen LogP contribution in [0.2, 0.25) is 0 Å². The second kappa shape index (κ2) is 8.79. The van der Waals surface area contributed by atoms with Gasteiger partial charge in [-0.05, 0) is 94.0 Å². The number of rotatable bonds is 2. The van der Waals surface area contributed by atoms with Gasteiger partial charge < -0.3 is 4.57 Å². The van der Waals surface area contributed by atoms with Crippen molar-refractivity contribution in [2.75, 3.05) is 0 Å². The smallest absolute Gasteiger partial charge is 0.0548 e. The number of hydrogen-bond acceptors (Lipinski definition) is 1. The van der Waals surface area contributed by atoms with Crippen LogP contribution in [0.1, 0.15) is 11.1 Å². The van der Waals surface area contributed by atoms with Gasteiger partial charge in [0.1, 0.15) is 0 Å². The van der Waals surface area contributed by atoms with Gasteiger partial charge >= 0.3 is 0 Å². The van der Waals surface area contributed by atoms with E-state index in [9.17, 15) is 0 Å². The lowest BCUT2D eigenvalue weighted by Crippen LogP contribution is -1.95. The summed E-state index contributed by atoms with van der Waals surface area (Å²) in [7, 11) is 0. The molecule has 0 aliphatic heterocycles. The van der Waals surface area contributed by atoms with E-state index in [4.69, 9.17) is 0 Å². The molecule has 0 saturated carbocycles. The van der Waals surface area contributed by atoms with E-state index in [0.29, 0.717) is 0 Å². The Hall–Kier alpha value is -4.92. The molecule has 0 fully saturated rings. The molecule has 0 aliphatic rings. The number of para-hydroxylation sites is 1. The van der Waals surface area contributed by atoms with E-state index in [2.05, 4.69) is 146 Å². The SMILES string of the molecule is Cc1c(-c2ccc3c(c2C)c2cc4sc5ccccc5c4cc2n3-c2ccccc2)c2ccccc2c2ccccc12. The van der Waals surface area contributed by atoms with Crippen LogP contribution in [0.5, 0.6) is 0 Å². The molecule has 0 bridgehead atoms. The zero-order valence-electron chi connectivity index (χ0n) is 23.5. The fourth-order valence-electron chi connectivity index (χ4n) is 7.29. The van der Waals surface area contributed by atoms with Gasteiger partial charge in [0.2, 0.25) is 0 Å². The quantitative estimate of drug-likeness (QED) is 0.188. The van der Waals surface area contributed by atoms with E-state index in [1.54, 1.807) is 0 Å². The molecule has 42 heavy (non-hydrogen) atoms. The van der Waals surface area contributed by atoms with E-state index in [0.717, 1.165) is 0 Å². The van der Waals surface area contributed by atoms with Crippen molar-refractivity contribution in [2.45, 2.75) is 13.8 Å². The first kappa shape index (κ1) is 23.8.